The van der Waals surface area contributed by atoms with Crippen molar-refractivity contribution in [1.82, 2.24) is 10.3 Å². The van der Waals surface area contributed by atoms with Gasteiger partial charge in [-0.3, -0.25) is 4.98 Å². The number of nitrogens with one attached hydrogen (secondary N) is 2. The fourth-order valence-corrected chi connectivity index (χ4v) is 4.12. The maximum Gasteiger partial charge on any atom is 0.289 e. The molecule has 0 bridgehead atoms. The van der Waals surface area contributed by atoms with Gasteiger partial charge in [-0.1, -0.05) is 29.3 Å². The first-order valence-corrected chi connectivity index (χ1v) is 8.84. The molecule has 2 aromatic rings. The number of hydrogen-bond acceptors (Lipinski definition) is 5. The number of guanidine groups is 1. The van der Waals surface area contributed by atoms with Crippen LogP contribution >= 0.6 is 23.2 Å². The molecule has 1 aliphatic heterocycles. The van der Waals surface area contributed by atoms with Crippen LogP contribution in [0.2, 0.25) is 10.0 Å². The molecule has 9 heteroatoms. The Kier molecular flexibility index (Phi) is 4.18. The summed E-state index contributed by atoms with van der Waals surface area (Å²) in [6, 6.07) is 6.35. The second-order valence-corrected chi connectivity index (χ2v) is 7.34. The van der Waals surface area contributed by atoms with E-state index >= 15 is 0 Å². The van der Waals surface area contributed by atoms with Crippen LogP contribution in [0.15, 0.2) is 46.0 Å². The summed E-state index contributed by atoms with van der Waals surface area (Å²) in [5.74, 6) is 0.104. The predicted octanol–water partition coefficient (Wildman–Crippen LogP) is 3.21. The molecule has 2 N–H and O–H groups in total. The second kappa shape index (κ2) is 5.99. The standard InChI is InChI=1S/C14H12Cl2N4O2S/c1-8(9-3-2-4-17-7-9)18-14-19-12-6-10(15)5-11(16)13(12)23(21,22)20-14/h2-8H,1H3,(H2,18,19,20). The van der Waals surface area contributed by atoms with E-state index in [9.17, 15) is 8.42 Å². The van der Waals surface area contributed by atoms with Gasteiger partial charge in [-0.15, -0.1) is 4.40 Å². The van der Waals surface area contributed by atoms with Crippen molar-refractivity contribution in [3.05, 3.63) is 52.3 Å². The zero-order valence-electron chi connectivity index (χ0n) is 11.9. The Morgan fingerprint density at radius 2 is 2.09 bits per heavy atom. The molecule has 6 nitrogen and oxygen atoms in total. The van der Waals surface area contributed by atoms with Crippen LogP contribution < -0.4 is 10.6 Å². The highest BCUT2D eigenvalue weighted by Gasteiger charge is 2.29. The van der Waals surface area contributed by atoms with E-state index in [0.717, 1.165) is 5.56 Å². The fraction of sp³-hybridized carbons (Fsp3) is 0.143. The van der Waals surface area contributed by atoms with Crippen molar-refractivity contribution < 1.29 is 8.42 Å². The quantitative estimate of drug-likeness (QED) is 0.847. The molecule has 1 atom stereocenters. The molecule has 23 heavy (non-hydrogen) atoms. The topological polar surface area (TPSA) is 83.5 Å². The number of nitrogens with zero attached hydrogens (tertiary/aromatic N) is 2. The molecule has 0 radical (unpaired) electrons. The van der Waals surface area contributed by atoms with Crippen LogP contribution in [-0.2, 0) is 10.0 Å². The highest BCUT2D eigenvalue weighted by atomic mass is 35.5. The third-order valence-electron chi connectivity index (χ3n) is 3.27. The van der Waals surface area contributed by atoms with E-state index < -0.39 is 10.0 Å². The highest BCUT2D eigenvalue weighted by Crippen LogP contribution is 2.36. The van der Waals surface area contributed by atoms with Gasteiger partial charge in [-0.05, 0) is 30.7 Å². The molecule has 1 aliphatic rings. The molecule has 1 unspecified atom stereocenters. The molecule has 120 valence electrons. The number of sulfonamides is 1. The van der Waals surface area contributed by atoms with Gasteiger partial charge in [0.15, 0.2) is 0 Å². The van der Waals surface area contributed by atoms with Crippen molar-refractivity contribution in [2.75, 3.05) is 5.32 Å². The summed E-state index contributed by atoms with van der Waals surface area (Å²) < 4.78 is 28.4. The van der Waals surface area contributed by atoms with E-state index in [1.54, 1.807) is 18.5 Å². The number of benzene rings is 1. The maximum atomic E-state index is 12.3. The summed E-state index contributed by atoms with van der Waals surface area (Å²) >= 11 is 11.9. The molecule has 0 amide bonds. The number of hydrogen-bond donors (Lipinski definition) is 2. The van der Waals surface area contributed by atoms with Gasteiger partial charge < -0.3 is 10.6 Å². The molecule has 0 aliphatic carbocycles. The van der Waals surface area contributed by atoms with Crippen LogP contribution in [-0.4, -0.2) is 19.4 Å². The van der Waals surface area contributed by atoms with E-state index in [0.29, 0.717) is 10.7 Å². The molecule has 0 saturated heterocycles. The van der Waals surface area contributed by atoms with E-state index in [1.807, 2.05) is 13.0 Å². The Balaban J connectivity index is 1.93. The molecule has 3 rings (SSSR count). The summed E-state index contributed by atoms with van der Waals surface area (Å²) in [7, 11) is -3.91. The van der Waals surface area contributed by atoms with Gasteiger partial charge in [0, 0.05) is 17.4 Å². The van der Waals surface area contributed by atoms with Crippen molar-refractivity contribution in [1.29, 1.82) is 0 Å². The summed E-state index contributed by atoms with van der Waals surface area (Å²) in [5, 5.41) is 6.27. The van der Waals surface area contributed by atoms with Crippen LogP contribution in [0.4, 0.5) is 5.69 Å². The SMILES string of the molecule is CC(NC1=NS(=O)(=O)c2c(Cl)cc(Cl)cc2N1)c1cccnc1. The van der Waals surface area contributed by atoms with Crippen LogP contribution in [0.5, 0.6) is 0 Å². The lowest BCUT2D eigenvalue weighted by atomic mass is 10.1. The normalized spacial score (nSPS) is 16.7. The molecule has 1 aromatic heterocycles. The monoisotopic (exact) mass is 370 g/mol. The summed E-state index contributed by atoms with van der Waals surface area (Å²) in [6.45, 7) is 1.87. The number of pyridine rings is 1. The third-order valence-corrected chi connectivity index (χ3v) is 5.28. The minimum absolute atomic E-state index is 0.0307. The first kappa shape index (κ1) is 16.0. The number of halogens is 2. The summed E-state index contributed by atoms with van der Waals surface area (Å²) in [4.78, 5) is 3.95. The number of rotatable bonds is 2. The fourth-order valence-electron chi connectivity index (χ4n) is 2.21. The Morgan fingerprint density at radius 1 is 1.30 bits per heavy atom. The van der Waals surface area contributed by atoms with Crippen molar-refractivity contribution in [3.63, 3.8) is 0 Å². The Morgan fingerprint density at radius 3 is 2.78 bits per heavy atom. The molecule has 0 spiro atoms. The van der Waals surface area contributed by atoms with Gasteiger partial charge in [0.2, 0.25) is 5.96 Å². The van der Waals surface area contributed by atoms with Gasteiger partial charge in [0.25, 0.3) is 10.0 Å². The summed E-state index contributed by atoms with van der Waals surface area (Å²) in [5.41, 5.74) is 1.18. The van der Waals surface area contributed by atoms with Crippen LogP contribution in [0.25, 0.3) is 0 Å². The van der Waals surface area contributed by atoms with Crippen molar-refractivity contribution in [2.24, 2.45) is 4.40 Å². The third kappa shape index (κ3) is 3.26. The van der Waals surface area contributed by atoms with Gasteiger partial charge in [0.1, 0.15) is 4.90 Å². The molecule has 0 saturated carbocycles. The smallest absolute Gasteiger partial charge is 0.289 e. The van der Waals surface area contributed by atoms with Crippen LogP contribution in [0, 0.1) is 0 Å². The minimum Gasteiger partial charge on any atom is -0.349 e. The molecule has 0 fully saturated rings. The molecule has 2 heterocycles. The Labute approximate surface area is 143 Å². The Hall–Kier alpha value is -1.83. The number of anilines is 1. The maximum absolute atomic E-state index is 12.3. The van der Waals surface area contributed by atoms with E-state index in [-0.39, 0.29) is 21.9 Å². The molecular weight excluding hydrogens is 359 g/mol. The lowest BCUT2D eigenvalue weighted by Gasteiger charge is -2.23. The zero-order chi connectivity index (χ0) is 16.6. The van der Waals surface area contributed by atoms with Gasteiger partial charge in [0.05, 0.1) is 16.8 Å². The second-order valence-electron chi connectivity index (χ2n) is 4.96. The minimum atomic E-state index is -3.91. The van der Waals surface area contributed by atoms with Crippen molar-refractivity contribution >= 4 is 44.9 Å². The van der Waals surface area contributed by atoms with E-state index in [1.165, 1.54) is 12.1 Å². The van der Waals surface area contributed by atoms with Crippen molar-refractivity contribution in [3.8, 4) is 0 Å². The molecule has 1 aromatic carbocycles. The van der Waals surface area contributed by atoms with Crippen LogP contribution in [0.1, 0.15) is 18.5 Å². The number of aromatic nitrogens is 1. The van der Waals surface area contributed by atoms with E-state index in [2.05, 4.69) is 20.0 Å². The lowest BCUT2D eigenvalue weighted by molar-refractivity contribution is 0.597. The van der Waals surface area contributed by atoms with Gasteiger partial charge >= 0.3 is 0 Å². The van der Waals surface area contributed by atoms with E-state index in [4.69, 9.17) is 23.2 Å². The predicted molar refractivity (Wildman–Crippen MR) is 90.5 cm³/mol. The average Bonchev–Trinajstić information content (AvgIpc) is 2.45. The highest BCUT2D eigenvalue weighted by molar-refractivity contribution is 7.90. The summed E-state index contributed by atoms with van der Waals surface area (Å²) in [6.07, 6.45) is 3.36. The van der Waals surface area contributed by atoms with Gasteiger partial charge in [-0.2, -0.15) is 8.42 Å². The Bertz CT molecular complexity index is 885. The van der Waals surface area contributed by atoms with Gasteiger partial charge in [-0.25, -0.2) is 0 Å². The number of fused-ring (bicyclic) bond motifs is 1. The first-order chi connectivity index (χ1) is 10.9. The first-order valence-electron chi connectivity index (χ1n) is 6.64. The zero-order valence-corrected chi connectivity index (χ0v) is 14.2. The average molecular weight is 371 g/mol. The molecular formula is C14H12Cl2N4O2S. The lowest BCUT2D eigenvalue weighted by Crippen LogP contribution is -2.36. The van der Waals surface area contributed by atoms with Crippen LogP contribution in [0.3, 0.4) is 0 Å². The largest absolute Gasteiger partial charge is 0.349 e. The van der Waals surface area contributed by atoms with Crippen molar-refractivity contribution in [2.45, 2.75) is 17.9 Å².